The van der Waals surface area contributed by atoms with Crippen LogP contribution in [0.2, 0.25) is 0 Å². The number of aliphatic hydroxyl groups is 1. The molecule has 3 nitrogen and oxygen atoms in total. The normalized spacial score (nSPS) is 13.5. The van der Waals surface area contributed by atoms with Gasteiger partial charge in [-0.3, -0.25) is 0 Å². The third kappa shape index (κ3) is 3.17. The highest BCUT2D eigenvalue weighted by Gasteiger charge is 2.23. The minimum Gasteiger partial charge on any atom is -0.389 e. The van der Waals surface area contributed by atoms with Gasteiger partial charge in [-0.1, -0.05) is 48.5 Å². The average Bonchev–Trinajstić information content (AvgIpc) is 2.93. The van der Waals surface area contributed by atoms with Crippen LogP contribution in [0.3, 0.4) is 0 Å². The number of hydrogen-bond acceptors (Lipinski definition) is 2. The molecular weight excluding hydrogens is 296 g/mol. The van der Waals surface area contributed by atoms with E-state index in [1.54, 1.807) is 0 Å². The lowest BCUT2D eigenvalue weighted by Gasteiger charge is -2.26. The largest absolute Gasteiger partial charge is 0.389 e. The van der Waals surface area contributed by atoms with E-state index in [1.807, 2.05) is 37.4 Å². The molecule has 2 atom stereocenters. The van der Waals surface area contributed by atoms with Gasteiger partial charge < -0.3 is 15.0 Å². The topological polar surface area (TPSA) is 37.2 Å². The lowest BCUT2D eigenvalue weighted by Crippen LogP contribution is -2.33. The molecule has 0 saturated heterocycles. The summed E-state index contributed by atoms with van der Waals surface area (Å²) in [5, 5.41) is 14.9. The molecule has 0 unspecified atom stereocenters. The van der Waals surface area contributed by atoms with Crippen molar-refractivity contribution < 1.29 is 5.11 Å². The molecule has 3 rings (SSSR count). The van der Waals surface area contributed by atoms with Gasteiger partial charge in [0.2, 0.25) is 0 Å². The number of aromatic nitrogens is 1. The maximum absolute atomic E-state index is 10.6. The molecule has 0 fully saturated rings. The molecule has 0 spiro atoms. The highest BCUT2D eigenvalue weighted by atomic mass is 35.5. The Hall–Kier alpha value is -1.81. The summed E-state index contributed by atoms with van der Waals surface area (Å²) in [4.78, 5) is 0. The molecule has 1 aromatic heterocycles. The van der Waals surface area contributed by atoms with Crippen molar-refractivity contribution in [2.75, 3.05) is 13.6 Å². The van der Waals surface area contributed by atoms with E-state index in [1.165, 1.54) is 5.39 Å². The molecule has 0 aliphatic rings. The summed E-state index contributed by atoms with van der Waals surface area (Å²) in [6.07, 6.45) is 1.56. The van der Waals surface area contributed by atoms with Crippen molar-refractivity contribution in [1.29, 1.82) is 0 Å². The summed E-state index contributed by atoms with van der Waals surface area (Å²) in [7, 11) is 1.86. The molecule has 22 heavy (non-hydrogen) atoms. The van der Waals surface area contributed by atoms with Gasteiger partial charge in [0.25, 0.3) is 0 Å². The number of nitrogens with one attached hydrogen (secondary N) is 1. The summed E-state index contributed by atoms with van der Waals surface area (Å²) < 4.78 is 2.16. The molecule has 3 aromatic rings. The van der Waals surface area contributed by atoms with Crippen LogP contribution in [0.4, 0.5) is 0 Å². The molecule has 0 aliphatic carbocycles. The summed E-state index contributed by atoms with van der Waals surface area (Å²) in [5.41, 5.74) is 2.25. The average molecular weight is 317 g/mol. The summed E-state index contributed by atoms with van der Waals surface area (Å²) in [5.74, 6) is 0. The zero-order chi connectivity index (χ0) is 14.7. The van der Waals surface area contributed by atoms with E-state index in [9.17, 15) is 5.11 Å². The maximum atomic E-state index is 10.6. The Morgan fingerprint density at radius 2 is 1.68 bits per heavy atom. The minimum absolute atomic E-state index is 0. The second kappa shape index (κ2) is 7.45. The highest BCUT2D eigenvalue weighted by molar-refractivity contribution is 5.85. The fourth-order valence-corrected chi connectivity index (χ4v) is 2.89. The lowest BCUT2D eigenvalue weighted by molar-refractivity contribution is 0.132. The Bertz CT molecular complexity index is 711. The lowest BCUT2D eigenvalue weighted by atomic mass is 10.0. The van der Waals surface area contributed by atoms with Gasteiger partial charge in [-0.25, -0.2) is 0 Å². The molecule has 0 saturated carbocycles. The van der Waals surface area contributed by atoms with Gasteiger partial charge in [0.1, 0.15) is 0 Å². The van der Waals surface area contributed by atoms with Crippen molar-refractivity contribution in [1.82, 2.24) is 9.88 Å². The number of nitrogens with zero attached hydrogens (tertiary/aromatic N) is 1. The van der Waals surface area contributed by atoms with Crippen molar-refractivity contribution in [2.24, 2.45) is 0 Å². The van der Waals surface area contributed by atoms with Crippen LogP contribution in [0, 0.1) is 0 Å². The standard InChI is InChI=1S/C18H20N2O.ClH/c1-19-13-17(21)18(15-8-3-2-4-9-15)20-12-11-14-7-5-6-10-16(14)20;/h2-12,17-19,21H,13H2,1H3;1H/t17-,18+;/m1./s1. The van der Waals surface area contributed by atoms with Gasteiger partial charge in [0, 0.05) is 18.3 Å². The number of aliphatic hydroxyl groups excluding tert-OH is 1. The van der Waals surface area contributed by atoms with Gasteiger partial charge in [-0.15, -0.1) is 12.4 Å². The van der Waals surface area contributed by atoms with E-state index in [0.717, 1.165) is 11.1 Å². The number of benzene rings is 2. The number of halogens is 1. The van der Waals surface area contributed by atoms with Crippen LogP contribution in [0.1, 0.15) is 11.6 Å². The summed E-state index contributed by atoms with van der Waals surface area (Å²) in [6, 6.07) is 20.4. The Morgan fingerprint density at radius 3 is 2.41 bits per heavy atom. The van der Waals surface area contributed by atoms with Gasteiger partial charge in [-0.2, -0.15) is 0 Å². The fraction of sp³-hybridized carbons (Fsp3) is 0.222. The first-order chi connectivity index (χ1) is 10.3. The SMILES string of the molecule is CNC[C@@H](O)[C@H](c1ccccc1)n1ccc2ccccc21.Cl. The van der Waals surface area contributed by atoms with Crippen LogP contribution in [0.25, 0.3) is 10.9 Å². The Labute approximate surface area is 137 Å². The highest BCUT2D eigenvalue weighted by Crippen LogP contribution is 2.27. The molecule has 2 N–H and O–H groups in total. The number of hydrogen-bond donors (Lipinski definition) is 2. The van der Waals surface area contributed by atoms with Gasteiger partial charge in [0.05, 0.1) is 12.1 Å². The third-order valence-corrected chi connectivity index (χ3v) is 3.85. The quantitative estimate of drug-likeness (QED) is 0.758. The van der Waals surface area contributed by atoms with Crippen LogP contribution in [0.5, 0.6) is 0 Å². The Balaban J connectivity index is 0.00000176. The van der Waals surface area contributed by atoms with Crippen LogP contribution in [-0.2, 0) is 0 Å². The van der Waals surface area contributed by atoms with E-state index < -0.39 is 6.10 Å². The first kappa shape index (κ1) is 16.6. The molecule has 2 aromatic carbocycles. The van der Waals surface area contributed by atoms with Crippen molar-refractivity contribution in [3.05, 3.63) is 72.4 Å². The molecule has 116 valence electrons. The Kier molecular flexibility index (Phi) is 5.61. The van der Waals surface area contributed by atoms with Gasteiger partial charge in [0.15, 0.2) is 0 Å². The molecule has 0 radical (unpaired) electrons. The van der Waals surface area contributed by atoms with E-state index in [4.69, 9.17) is 0 Å². The first-order valence-electron chi connectivity index (χ1n) is 7.24. The molecule has 0 bridgehead atoms. The van der Waals surface area contributed by atoms with Crippen molar-refractivity contribution in [2.45, 2.75) is 12.1 Å². The second-order valence-corrected chi connectivity index (χ2v) is 5.26. The Morgan fingerprint density at radius 1 is 1.00 bits per heavy atom. The molecular formula is C18H21ClN2O. The molecule has 4 heteroatoms. The molecule has 0 aliphatic heterocycles. The van der Waals surface area contributed by atoms with Crippen molar-refractivity contribution in [3.8, 4) is 0 Å². The number of para-hydroxylation sites is 1. The van der Waals surface area contributed by atoms with Crippen LogP contribution in [-0.4, -0.2) is 29.4 Å². The van der Waals surface area contributed by atoms with E-state index in [-0.39, 0.29) is 18.4 Å². The van der Waals surface area contributed by atoms with Gasteiger partial charge >= 0.3 is 0 Å². The fourth-order valence-electron chi connectivity index (χ4n) is 2.89. The number of rotatable bonds is 5. The van der Waals surface area contributed by atoms with Crippen molar-refractivity contribution in [3.63, 3.8) is 0 Å². The van der Waals surface area contributed by atoms with Gasteiger partial charge in [-0.05, 0) is 30.1 Å². The van der Waals surface area contributed by atoms with E-state index in [0.29, 0.717) is 6.54 Å². The third-order valence-electron chi connectivity index (χ3n) is 3.85. The van der Waals surface area contributed by atoms with Crippen molar-refractivity contribution >= 4 is 23.3 Å². The molecule has 0 amide bonds. The predicted molar refractivity (Wildman–Crippen MR) is 93.7 cm³/mol. The zero-order valence-corrected chi connectivity index (χ0v) is 13.3. The van der Waals surface area contributed by atoms with Crippen LogP contribution in [0.15, 0.2) is 66.9 Å². The number of likely N-dealkylation sites (N-methyl/N-ethyl adjacent to an activating group) is 1. The van der Waals surface area contributed by atoms with E-state index in [2.05, 4.69) is 46.4 Å². The maximum Gasteiger partial charge on any atom is 0.0912 e. The van der Waals surface area contributed by atoms with E-state index >= 15 is 0 Å². The summed E-state index contributed by atoms with van der Waals surface area (Å²) in [6.45, 7) is 0.548. The first-order valence-corrected chi connectivity index (χ1v) is 7.24. The van der Waals surface area contributed by atoms with Crippen LogP contribution >= 0.6 is 12.4 Å². The van der Waals surface area contributed by atoms with Crippen LogP contribution < -0.4 is 5.32 Å². The minimum atomic E-state index is -0.492. The smallest absolute Gasteiger partial charge is 0.0912 e. The predicted octanol–water partition coefficient (Wildman–Crippen LogP) is 3.23. The summed E-state index contributed by atoms with van der Waals surface area (Å²) >= 11 is 0. The second-order valence-electron chi connectivity index (χ2n) is 5.26. The molecule has 1 heterocycles. The number of fused-ring (bicyclic) bond motifs is 1. The monoisotopic (exact) mass is 316 g/mol. The zero-order valence-electron chi connectivity index (χ0n) is 12.5.